The molecule has 3 aromatic rings. The zero-order valence-corrected chi connectivity index (χ0v) is 18.1. The number of rotatable bonds is 5. The van der Waals surface area contributed by atoms with Crippen LogP contribution in [0.2, 0.25) is 0 Å². The van der Waals surface area contributed by atoms with Crippen LogP contribution in [0.15, 0.2) is 35.1 Å². The molecular formula is C24H29N3O3. The van der Waals surface area contributed by atoms with Gasteiger partial charge < -0.3 is 14.7 Å². The Morgan fingerprint density at radius 3 is 2.50 bits per heavy atom. The van der Waals surface area contributed by atoms with Crippen molar-refractivity contribution in [3.8, 4) is 11.3 Å². The molecule has 2 aromatic heterocycles. The molecular weight excluding hydrogens is 378 g/mol. The van der Waals surface area contributed by atoms with E-state index in [2.05, 4.69) is 53.5 Å². The Morgan fingerprint density at radius 1 is 1.17 bits per heavy atom. The number of pyridine rings is 1. The normalized spacial score (nSPS) is 15.2. The Hall–Kier alpha value is -2.86. The average molecular weight is 408 g/mol. The number of H-pyrrole nitrogens is 1. The third-order valence-electron chi connectivity index (χ3n) is 6.59. The largest absolute Gasteiger partial charge is 0.477 e. The number of aryl methyl sites for hydroxylation is 2. The summed E-state index contributed by atoms with van der Waals surface area (Å²) >= 11 is 0. The molecule has 0 aliphatic carbocycles. The van der Waals surface area contributed by atoms with Crippen LogP contribution < -0.4 is 5.56 Å². The molecule has 0 bridgehead atoms. The molecule has 0 spiro atoms. The second-order valence-electron chi connectivity index (χ2n) is 8.69. The number of fused-ring (bicyclic) bond motifs is 1. The molecule has 1 saturated heterocycles. The van der Waals surface area contributed by atoms with Gasteiger partial charge in [0, 0.05) is 23.6 Å². The van der Waals surface area contributed by atoms with Gasteiger partial charge in [-0.1, -0.05) is 13.0 Å². The molecule has 1 aliphatic heterocycles. The van der Waals surface area contributed by atoms with E-state index in [1.54, 1.807) is 0 Å². The van der Waals surface area contributed by atoms with Crippen LogP contribution >= 0.6 is 0 Å². The van der Waals surface area contributed by atoms with Gasteiger partial charge in [-0.3, -0.25) is 9.69 Å². The maximum Gasteiger partial charge on any atom is 0.341 e. The molecule has 0 saturated carbocycles. The lowest BCUT2D eigenvalue weighted by atomic mass is 9.97. The summed E-state index contributed by atoms with van der Waals surface area (Å²) < 4.78 is 2.26. The van der Waals surface area contributed by atoms with Crippen molar-refractivity contribution >= 4 is 16.9 Å². The van der Waals surface area contributed by atoms with Crippen molar-refractivity contribution in [2.75, 3.05) is 13.1 Å². The molecule has 6 heteroatoms. The number of carboxylic acid groups (broad SMARTS) is 1. The lowest BCUT2D eigenvalue weighted by Gasteiger charge is -2.36. The number of aromatic nitrogens is 2. The van der Waals surface area contributed by atoms with Crippen molar-refractivity contribution in [1.82, 2.24) is 14.5 Å². The van der Waals surface area contributed by atoms with Crippen molar-refractivity contribution in [2.24, 2.45) is 7.05 Å². The highest BCUT2D eigenvalue weighted by Gasteiger charge is 2.33. The van der Waals surface area contributed by atoms with Crippen LogP contribution in [0.3, 0.4) is 0 Å². The molecule has 158 valence electrons. The zero-order valence-electron chi connectivity index (χ0n) is 18.1. The van der Waals surface area contributed by atoms with Gasteiger partial charge in [0.15, 0.2) is 0 Å². The number of benzene rings is 1. The molecule has 1 aromatic carbocycles. The first-order valence-electron chi connectivity index (χ1n) is 10.6. The maximum absolute atomic E-state index is 12.3. The summed E-state index contributed by atoms with van der Waals surface area (Å²) in [6.07, 6.45) is 3.13. The number of aromatic amines is 1. The van der Waals surface area contributed by atoms with Crippen LogP contribution in [0, 0.1) is 0 Å². The number of carboxylic acids is 1. The Balaban J connectivity index is 1.83. The SMILES string of the molecule is CCc1cc(C(=O)O)c(=O)[nH]c1-c1ccc2c(c1)cc(C(C)(C)N1CCCC1)n2C. The van der Waals surface area contributed by atoms with E-state index in [-0.39, 0.29) is 11.1 Å². The molecule has 0 atom stereocenters. The molecule has 0 amide bonds. The van der Waals surface area contributed by atoms with Crippen molar-refractivity contribution in [1.29, 1.82) is 0 Å². The summed E-state index contributed by atoms with van der Waals surface area (Å²) in [6.45, 7) is 8.77. The van der Waals surface area contributed by atoms with Crippen LogP contribution in [0.25, 0.3) is 22.2 Å². The summed E-state index contributed by atoms with van der Waals surface area (Å²) in [7, 11) is 2.11. The highest BCUT2D eigenvalue weighted by Crippen LogP contribution is 2.35. The minimum absolute atomic E-state index is 0.0591. The Kier molecular flexibility index (Phi) is 5.06. The van der Waals surface area contributed by atoms with E-state index in [1.807, 2.05) is 13.0 Å². The van der Waals surface area contributed by atoms with Crippen LogP contribution in [0.5, 0.6) is 0 Å². The Bertz CT molecular complexity index is 1180. The highest BCUT2D eigenvalue weighted by atomic mass is 16.4. The molecule has 1 fully saturated rings. The van der Waals surface area contributed by atoms with E-state index in [0.717, 1.165) is 35.1 Å². The van der Waals surface area contributed by atoms with Gasteiger partial charge in [-0.05, 0) is 81.6 Å². The zero-order chi connectivity index (χ0) is 21.6. The minimum atomic E-state index is -1.20. The molecule has 3 heterocycles. The predicted octanol–water partition coefficient (Wildman–Crippen LogP) is 4.13. The number of hydrogen-bond donors (Lipinski definition) is 2. The van der Waals surface area contributed by atoms with Crippen LogP contribution in [0.1, 0.15) is 55.2 Å². The second-order valence-corrected chi connectivity index (χ2v) is 8.69. The highest BCUT2D eigenvalue weighted by molar-refractivity contribution is 5.89. The second kappa shape index (κ2) is 7.43. The topological polar surface area (TPSA) is 78.3 Å². The van der Waals surface area contributed by atoms with Crippen LogP contribution in [0.4, 0.5) is 0 Å². The van der Waals surface area contributed by atoms with Gasteiger partial charge in [-0.2, -0.15) is 0 Å². The van der Waals surface area contributed by atoms with E-state index < -0.39 is 11.5 Å². The van der Waals surface area contributed by atoms with Gasteiger partial charge in [0.1, 0.15) is 5.56 Å². The number of likely N-dealkylation sites (tertiary alicyclic amines) is 1. The van der Waals surface area contributed by atoms with Gasteiger partial charge in [0.2, 0.25) is 0 Å². The quantitative estimate of drug-likeness (QED) is 0.667. The lowest BCUT2D eigenvalue weighted by Crippen LogP contribution is -2.40. The smallest absolute Gasteiger partial charge is 0.341 e. The molecule has 1 aliphatic rings. The van der Waals surface area contributed by atoms with Gasteiger partial charge in [0.05, 0.1) is 11.2 Å². The number of carbonyl (C=O) groups is 1. The van der Waals surface area contributed by atoms with Crippen molar-refractivity contribution in [2.45, 2.75) is 45.6 Å². The van der Waals surface area contributed by atoms with E-state index in [1.165, 1.54) is 24.6 Å². The third kappa shape index (κ3) is 3.25. The molecule has 0 radical (unpaired) electrons. The molecule has 2 N–H and O–H groups in total. The van der Waals surface area contributed by atoms with Gasteiger partial charge in [0.25, 0.3) is 5.56 Å². The number of aromatic carboxylic acids is 1. The molecule has 30 heavy (non-hydrogen) atoms. The lowest BCUT2D eigenvalue weighted by molar-refractivity contribution is 0.0695. The molecule has 4 rings (SSSR count). The first kappa shape index (κ1) is 20.4. The van der Waals surface area contributed by atoms with E-state index in [0.29, 0.717) is 12.1 Å². The first-order chi connectivity index (χ1) is 14.2. The molecule has 0 unspecified atom stereocenters. The van der Waals surface area contributed by atoms with E-state index >= 15 is 0 Å². The maximum atomic E-state index is 12.3. The van der Waals surface area contributed by atoms with Crippen LogP contribution in [-0.2, 0) is 19.0 Å². The fourth-order valence-corrected chi connectivity index (χ4v) is 4.80. The fourth-order valence-electron chi connectivity index (χ4n) is 4.80. The predicted molar refractivity (Wildman–Crippen MR) is 119 cm³/mol. The third-order valence-corrected chi connectivity index (χ3v) is 6.59. The average Bonchev–Trinajstić information content (AvgIpc) is 3.36. The Morgan fingerprint density at radius 2 is 1.87 bits per heavy atom. The summed E-state index contributed by atoms with van der Waals surface area (Å²) in [4.78, 5) is 29.0. The number of nitrogens with one attached hydrogen (secondary N) is 1. The standard InChI is InChI=1S/C24H29N3O3/c1-5-15-13-18(23(29)30)22(28)25-21(15)16-8-9-19-17(12-16)14-20(26(19)4)24(2,3)27-10-6-7-11-27/h8-9,12-14H,5-7,10-11H2,1-4H3,(H,25,28)(H,29,30). The summed E-state index contributed by atoms with van der Waals surface area (Å²) in [5.41, 5.74) is 3.97. The van der Waals surface area contributed by atoms with Gasteiger partial charge in [-0.25, -0.2) is 4.79 Å². The minimum Gasteiger partial charge on any atom is -0.477 e. The molecule has 6 nitrogen and oxygen atoms in total. The number of nitrogens with zero attached hydrogens (tertiary/aromatic N) is 2. The van der Waals surface area contributed by atoms with Gasteiger partial charge in [-0.15, -0.1) is 0 Å². The number of hydrogen-bond acceptors (Lipinski definition) is 3. The Labute approximate surface area is 176 Å². The van der Waals surface area contributed by atoms with Crippen molar-refractivity contribution in [3.63, 3.8) is 0 Å². The fraction of sp³-hybridized carbons (Fsp3) is 0.417. The van der Waals surface area contributed by atoms with Crippen molar-refractivity contribution in [3.05, 3.63) is 57.5 Å². The van der Waals surface area contributed by atoms with E-state index in [9.17, 15) is 14.7 Å². The van der Waals surface area contributed by atoms with Gasteiger partial charge >= 0.3 is 5.97 Å². The monoisotopic (exact) mass is 407 g/mol. The summed E-state index contributed by atoms with van der Waals surface area (Å²) in [5.74, 6) is -1.20. The summed E-state index contributed by atoms with van der Waals surface area (Å²) in [6, 6.07) is 9.90. The van der Waals surface area contributed by atoms with Crippen molar-refractivity contribution < 1.29 is 9.90 Å². The van der Waals surface area contributed by atoms with E-state index in [4.69, 9.17) is 0 Å². The first-order valence-corrected chi connectivity index (χ1v) is 10.6. The van der Waals surface area contributed by atoms with Crippen LogP contribution in [-0.4, -0.2) is 38.6 Å². The summed E-state index contributed by atoms with van der Waals surface area (Å²) in [5, 5.41) is 10.4.